The number of rotatable bonds is 51. The molecule has 2 aromatic rings. The maximum Gasteiger partial charge on any atom is 0.274 e. The summed E-state index contributed by atoms with van der Waals surface area (Å²) in [5, 5.41) is 26.6. The number of hydrogen-bond acceptors (Lipinski definition) is 22. The van der Waals surface area contributed by atoms with Crippen molar-refractivity contribution >= 4 is 69.1 Å². The van der Waals surface area contributed by atoms with Gasteiger partial charge in [0.1, 0.15) is 36.3 Å². The second-order valence-corrected chi connectivity index (χ2v) is 27.8. The lowest BCUT2D eigenvalue weighted by atomic mass is 9.87. The van der Waals surface area contributed by atoms with Crippen molar-refractivity contribution < 1.29 is 80.5 Å². The van der Waals surface area contributed by atoms with Gasteiger partial charge >= 0.3 is 0 Å². The number of phosphoric acid groups is 3. The zero-order valence-corrected chi connectivity index (χ0v) is 53.0. The Morgan fingerprint density at radius 3 is 1.65 bits per heavy atom. The van der Waals surface area contributed by atoms with Crippen LogP contribution in [0.2, 0.25) is 0 Å². The van der Waals surface area contributed by atoms with Gasteiger partial charge in [-0.3, -0.25) is 28.1 Å². The smallest absolute Gasteiger partial charge is 0.274 e. The SMILES string of the molecule is CCCCCCCCCCCCCCCCCCCCCCCCCCCCCCCCCC(=O)SCCNC(=O)CCNC(=O)[C@H](O)C(C)(C)COP(=O)([O-])OP(=O)([O-])OC[C@H]1O[C@@H](n2cnc3c(N)ncnc32)[C@H](O)[C@@H]1OP(=O)([O-])[O-]. The van der Waals surface area contributed by atoms with Crippen molar-refractivity contribution in [2.45, 2.75) is 263 Å². The van der Waals surface area contributed by atoms with Gasteiger partial charge in [0, 0.05) is 37.1 Å². The summed E-state index contributed by atoms with van der Waals surface area (Å²) in [5.74, 6) is -1.12. The van der Waals surface area contributed by atoms with Gasteiger partial charge in [-0.25, -0.2) is 19.3 Å². The number of nitrogens with one attached hydrogen (secondary N) is 2. The van der Waals surface area contributed by atoms with Crippen LogP contribution in [0.15, 0.2) is 12.7 Å². The van der Waals surface area contributed by atoms with E-state index in [0.717, 1.165) is 48.2 Å². The quantitative estimate of drug-likeness (QED) is 0.0305. The molecule has 7 atom stereocenters. The van der Waals surface area contributed by atoms with Crippen molar-refractivity contribution in [3.63, 3.8) is 0 Å². The van der Waals surface area contributed by atoms with Gasteiger partial charge in [-0.15, -0.1) is 0 Å². The van der Waals surface area contributed by atoms with Crippen molar-refractivity contribution in [2.75, 3.05) is 37.8 Å². The van der Waals surface area contributed by atoms with Gasteiger partial charge in [0.2, 0.25) is 11.8 Å². The molecule has 0 spiro atoms. The molecule has 3 heterocycles. The summed E-state index contributed by atoms with van der Waals surface area (Å²) < 4.78 is 61.1. The number of amides is 2. The molecule has 0 bridgehead atoms. The second-order valence-electron chi connectivity index (χ2n) is 22.6. The van der Waals surface area contributed by atoms with Crippen LogP contribution >= 0.6 is 35.2 Å². The number of thioether (sulfide) groups is 1. The largest absolute Gasteiger partial charge is 0.790 e. The van der Waals surface area contributed by atoms with Crippen LogP contribution in [0.1, 0.15) is 239 Å². The number of hydrogen-bond donors (Lipinski definition) is 5. The zero-order valence-electron chi connectivity index (χ0n) is 49.5. The third kappa shape index (κ3) is 32.9. The van der Waals surface area contributed by atoms with Crippen molar-refractivity contribution in [2.24, 2.45) is 5.41 Å². The molecule has 2 unspecified atom stereocenters. The van der Waals surface area contributed by atoms with Gasteiger partial charge in [-0.1, -0.05) is 225 Å². The molecule has 0 aromatic carbocycles. The van der Waals surface area contributed by atoms with E-state index >= 15 is 0 Å². The van der Waals surface area contributed by atoms with Crippen LogP contribution in [0.25, 0.3) is 11.2 Å². The average molecular weight is 1250 g/mol. The standard InChI is InChI=1S/C55H102N7O17P3S/c1-4-5-6-7-8-9-10-11-12-13-14-15-16-17-18-19-20-21-22-23-24-25-26-27-28-29-30-31-32-33-34-35-46(64)83-39-38-57-45(63)36-37-58-53(67)50(66)55(2,3)41-76-82(73,74)79-81(71,72)75-40-44-49(78-80(68,69)70)48(65)54(77-44)62-43-61-47-51(56)59-42-60-52(47)62/h42-44,48-50,54,65-66H,4-41H2,1-3H3,(H,57,63)(H,58,67)(H,71,72)(H,73,74)(H2,56,59,60)(H2,68,69,70)/p-4/t44-,48-,49-,50+,54-/m1/s1. The first kappa shape index (κ1) is 74.8. The van der Waals surface area contributed by atoms with Gasteiger partial charge in [-0.05, 0) is 6.42 Å². The minimum atomic E-state index is -5.92. The fourth-order valence-electron chi connectivity index (χ4n) is 9.81. The van der Waals surface area contributed by atoms with E-state index in [2.05, 4.69) is 50.4 Å². The number of aliphatic hydroxyl groups is 2. The predicted molar refractivity (Wildman–Crippen MR) is 312 cm³/mol. The molecule has 2 aromatic heterocycles. The number of aromatic nitrogens is 4. The molecule has 0 radical (unpaired) electrons. The lowest BCUT2D eigenvalue weighted by Crippen LogP contribution is -2.46. The number of nitrogens with two attached hydrogens (primary N) is 1. The third-order valence-corrected chi connectivity index (χ3v) is 18.7. The highest BCUT2D eigenvalue weighted by molar-refractivity contribution is 8.13. The van der Waals surface area contributed by atoms with Crippen LogP contribution in [0.3, 0.4) is 0 Å². The summed E-state index contributed by atoms with van der Waals surface area (Å²) in [4.78, 5) is 97.3. The maximum absolute atomic E-state index is 12.7. The number of imidazole rings is 1. The minimum Gasteiger partial charge on any atom is -0.790 e. The Labute approximate surface area is 496 Å². The number of phosphoric ester groups is 3. The van der Waals surface area contributed by atoms with Crippen LogP contribution in [0.4, 0.5) is 5.82 Å². The summed E-state index contributed by atoms with van der Waals surface area (Å²) in [6.45, 7) is 2.48. The van der Waals surface area contributed by atoms with E-state index in [0.29, 0.717) is 12.2 Å². The fraction of sp³-hybridized carbons (Fsp3) is 0.855. The molecule has 1 saturated heterocycles. The molecule has 6 N–H and O–H groups in total. The van der Waals surface area contributed by atoms with Crippen LogP contribution < -0.4 is 35.9 Å². The predicted octanol–water partition coefficient (Wildman–Crippen LogP) is 8.64. The van der Waals surface area contributed by atoms with E-state index < -0.39 is 84.6 Å². The van der Waals surface area contributed by atoms with Gasteiger partial charge < -0.3 is 69.0 Å². The van der Waals surface area contributed by atoms with E-state index in [4.69, 9.17) is 10.5 Å². The van der Waals surface area contributed by atoms with E-state index in [1.54, 1.807) is 0 Å². The van der Waals surface area contributed by atoms with E-state index in [1.165, 1.54) is 194 Å². The van der Waals surface area contributed by atoms with Gasteiger partial charge in [0.05, 0.1) is 27.4 Å². The molecular weight excluding hydrogens is 1160 g/mol. The Balaban J connectivity index is 1.12. The van der Waals surface area contributed by atoms with Gasteiger partial charge in [0.15, 0.2) is 22.8 Å². The number of carbonyl (C=O) groups is 3. The molecule has 0 saturated carbocycles. The van der Waals surface area contributed by atoms with Crippen LogP contribution in [0.5, 0.6) is 0 Å². The lowest BCUT2D eigenvalue weighted by Gasteiger charge is -2.36. The zero-order chi connectivity index (χ0) is 61.0. The molecule has 1 fully saturated rings. The number of unbranched alkanes of at least 4 members (excludes halogenated alkanes) is 30. The molecule has 28 heteroatoms. The highest BCUT2D eigenvalue weighted by Gasteiger charge is 2.47. The Bertz CT molecular complexity index is 2280. The number of ether oxygens (including phenoxy) is 1. The summed E-state index contributed by atoms with van der Waals surface area (Å²) in [6.07, 6.45) is 34.7. The third-order valence-electron chi connectivity index (χ3n) is 14.7. The molecule has 24 nitrogen and oxygen atoms in total. The van der Waals surface area contributed by atoms with Crippen molar-refractivity contribution in [3.8, 4) is 0 Å². The molecule has 1 aliphatic rings. The van der Waals surface area contributed by atoms with E-state index in [1.807, 2.05) is 0 Å². The Morgan fingerprint density at radius 2 is 1.17 bits per heavy atom. The van der Waals surface area contributed by atoms with E-state index in [-0.39, 0.29) is 41.6 Å². The maximum atomic E-state index is 12.7. The molecular formula is C55H98N7O17P3S-4. The number of anilines is 1. The molecule has 2 amide bonds. The minimum absolute atomic E-state index is 0.0166. The van der Waals surface area contributed by atoms with E-state index in [9.17, 15) is 57.9 Å². The van der Waals surface area contributed by atoms with Gasteiger partial charge in [0.25, 0.3) is 15.6 Å². The second kappa shape index (κ2) is 41.7. The highest BCUT2D eigenvalue weighted by Crippen LogP contribution is 2.56. The first-order valence-corrected chi connectivity index (χ1v) is 35.9. The normalized spacial score (nSPS) is 18.5. The molecule has 83 heavy (non-hydrogen) atoms. The summed E-state index contributed by atoms with van der Waals surface area (Å²) >= 11 is 1.15. The monoisotopic (exact) mass is 1250 g/mol. The topological polar surface area (TPSA) is 375 Å². The molecule has 480 valence electrons. The summed E-state index contributed by atoms with van der Waals surface area (Å²) in [7, 11) is -17.6. The van der Waals surface area contributed by atoms with Crippen LogP contribution in [-0.2, 0) is 50.7 Å². The Kier molecular flexibility index (Phi) is 37.6. The number of carbonyl (C=O) groups excluding carboxylic acids is 3. The highest BCUT2D eigenvalue weighted by atomic mass is 32.2. The Morgan fingerprint density at radius 1 is 0.699 bits per heavy atom. The lowest BCUT2D eigenvalue weighted by molar-refractivity contribution is -0.347. The molecule has 0 aliphatic carbocycles. The van der Waals surface area contributed by atoms with Crippen molar-refractivity contribution in [1.29, 1.82) is 0 Å². The average Bonchev–Trinajstić information content (AvgIpc) is 2.22. The fourth-order valence-corrected chi connectivity index (χ4v) is 13.3. The molecule has 1 aliphatic heterocycles. The summed E-state index contributed by atoms with van der Waals surface area (Å²) in [6, 6.07) is 0. The van der Waals surface area contributed by atoms with Crippen molar-refractivity contribution in [1.82, 2.24) is 30.2 Å². The van der Waals surface area contributed by atoms with Crippen LogP contribution in [0, 0.1) is 5.41 Å². The Hall–Kier alpha value is -2.44. The molecule has 3 rings (SSSR count). The van der Waals surface area contributed by atoms with Crippen molar-refractivity contribution in [3.05, 3.63) is 12.7 Å². The van der Waals surface area contributed by atoms with Gasteiger partial charge in [-0.2, -0.15) is 0 Å². The number of aliphatic hydroxyl groups excluding tert-OH is 2. The number of nitrogen functional groups attached to an aromatic ring is 1. The number of fused-ring (bicyclic) bond motifs is 1. The first-order valence-electron chi connectivity index (χ1n) is 30.5. The summed E-state index contributed by atoms with van der Waals surface area (Å²) in [5.41, 5.74) is 4.11. The first-order chi connectivity index (χ1) is 39.6. The van der Waals surface area contributed by atoms with Crippen LogP contribution in [-0.4, -0.2) is 103 Å². The number of nitrogens with zero attached hydrogens (tertiary/aromatic N) is 4.